The van der Waals surface area contributed by atoms with Crippen LogP contribution in [0, 0.1) is 0 Å². The highest BCUT2D eigenvalue weighted by Gasteiger charge is 2.27. The number of phenolic OH excluding ortho intramolecular Hbond substituents is 1. The molecule has 2 N–H and O–H groups in total. The van der Waals surface area contributed by atoms with Crippen LogP contribution in [0.15, 0.2) is 71.8 Å². The second-order valence-corrected chi connectivity index (χ2v) is 7.17. The quantitative estimate of drug-likeness (QED) is 0.482. The molecule has 152 valence electrons. The van der Waals surface area contributed by atoms with Crippen LogP contribution in [0.4, 0.5) is 0 Å². The maximum atomic E-state index is 12.3. The molecule has 0 aromatic heterocycles. The molecule has 4 rings (SSSR count). The number of nitrogens with one attached hydrogen (secondary N) is 1. The number of benzene rings is 3. The lowest BCUT2D eigenvalue weighted by Crippen LogP contribution is -2.42. The number of nitrogens with zero attached hydrogens (tertiary/aromatic N) is 1. The van der Waals surface area contributed by atoms with Gasteiger partial charge in [-0.05, 0) is 47.9 Å². The number of aromatic hydroxyl groups is 1. The summed E-state index contributed by atoms with van der Waals surface area (Å²) in [7, 11) is 0. The largest absolute Gasteiger partial charge is 0.507 e. The number of para-hydroxylation sites is 2. The van der Waals surface area contributed by atoms with Crippen LogP contribution in [0.1, 0.15) is 16.7 Å². The lowest BCUT2D eigenvalue weighted by molar-refractivity contribution is -0.130. The van der Waals surface area contributed by atoms with Gasteiger partial charge in [-0.1, -0.05) is 48.0 Å². The fraction of sp³-hybridized carbons (Fsp3) is 0.130. The zero-order valence-corrected chi connectivity index (χ0v) is 16.7. The Morgan fingerprint density at radius 2 is 1.90 bits per heavy atom. The molecule has 0 saturated heterocycles. The van der Waals surface area contributed by atoms with Gasteiger partial charge in [0, 0.05) is 10.6 Å². The first kappa shape index (κ1) is 19.8. The lowest BCUT2D eigenvalue weighted by Gasteiger charge is -2.24. The fourth-order valence-electron chi connectivity index (χ4n) is 3.07. The summed E-state index contributed by atoms with van der Waals surface area (Å²) in [6.45, 7) is 0.0942. The third-order valence-electron chi connectivity index (χ3n) is 4.62. The lowest BCUT2D eigenvalue weighted by atomic mass is 10.0. The summed E-state index contributed by atoms with van der Waals surface area (Å²) in [4.78, 5) is 12.3. The summed E-state index contributed by atoms with van der Waals surface area (Å²) in [5, 5.41) is 14.7. The van der Waals surface area contributed by atoms with E-state index in [0.29, 0.717) is 28.5 Å². The van der Waals surface area contributed by atoms with E-state index < -0.39 is 12.0 Å². The predicted octanol–water partition coefficient (Wildman–Crippen LogP) is 3.93. The van der Waals surface area contributed by atoms with E-state index in [-0.39, 0.29) is 12.4 Å². The van der Waals surface area contributed by atoms with E-state index in [1.807, 2.05) is 36.4 Å². The number of amides is 1. The molecule has 1 aliphatic heterocycles. The first-order valence-electron chi connectivity index (χ1n) is 9.37. The molecule has 0 spiro atoms. The van der Waals surface area contributed by atoms with E-state index in [2.05, 4.69) is 10.5 Å². The highest BCUT2D eigenvalue weighted by atomic mass is 35.5. The molecule has 0 fully saturated rings. The maximum absolute atomic E-state index is 12.3. The van der Waals surface area contributed by atoms with Gasteiger partial charge in [0.15, 0.2) is 11.5 Å². The van der Waals surface area contributed by atoms with Crippen LogP contribution >= 0.6 is 11.6 Å². The highest BCUT2D eigenvalue weighted by molar-refractivity contribution is 6.31. The Bertz CT molecular complexity index is 1100. The van der Waals surface area contributed by atoms with Crippen molar-refractivity contribution in [3.63, 3.8) is 0 Å². The highest BCUT2D eigenvalue weighted by Crippen LogP contribution is 2.30. The van der Waals surface area contributed by atoms with Crippen molar-refractivity contribution in [3.05, 3.63) is 88.4 Å². The molecule has 3 aromatic rings. The molecule has 0 radical (unpaired) electrons. The Morgan fingerprint density at radius 1 is 1.13 bits per heavy atom. The van der Waals surface area contributed by atoms with Gasteiger partial charge < -0.3 is 14.6 Å². The van der Waals surface area contributed by atoms with Gasteiger partial charge in [-0.25, -0.2) is 5.43 Å². The van der Waals surface area contributed by atoms with Crippen LogP contribution in [0.5, 0.6) is 17.2 Å². The van der Waals surface area contributed by atoms with Crippen molar-refractivity contribution < 1.29 is 19.4 Å². The summed E-state index contributed by atoms with van der Waals surface area (Å²) in [5.41, 5.74) is 4.84. The molecule has 0 aliphatic carbocycles. The van der Waals surface area contributed by atoms with Gasteiger partial charge in [-0.15, -0.1) is 0 Å². The van der Waals surface area contributed by atoms with Gasteiger partial charge in [0.2, 0.25) is 6.10 Å². The van der Waals surface area contributed by atoms with Crippen LogP contribution in [0.2, 0.25) is 5.02 Å². The molecule has 6 nitrogen and oxygen atoms in total. The number of carbonyl (C=O) groups excluding carboxylic acids is 1. The normalized spacial score (nSPS) is 15.2. The summed E-state index contributed by atoms with van der Waals surface area (Å²) in [6, 6.07) is 19.9. The Hall–Kier alpha value is -3.51. The Morgan fingerprint density at radius 3 is 2.73 bits per heavy atom. The monoisotopic (exact) mass is 422 g/mol. The number of hydrogen-bond donors (Lipinski definition) is 2. The minimum absolute atomic E-state index is 0.0575. The van der Waals surface area contributed by atoms with Crippen molar-refractivity contribution in [2.45, 2.75) is 12.5 Å². The third kappa shape index (κ3) is 4.55. The number of halogens is 1. The van der Waals surface area contributed by atoms with E-state index >= 15 is 0 Å². The van der Waals surface area contributed by atoms with Gasteiger partial charge in [0.25, 0.3) is 5.91 Å². The summed E-state index contributed by atoms with van der Waals surface area (Å²) < 4.78 is 11.2. The smallest absolute Gasteiger partial charge is 0.284 e. The summed E-state index contributed by atoms with van der Waals surface area (Å²) in [5.74, 6) is 0.734. The van der Waals surface area contributed by atoms with Crippen LogP contribution in [0.25, 0.3) is 0 Å². The van der Waals surface area contributed by atoms with Crippen molar-refractivity contribution in [1.29, 1.82) is 0 Å². The topological polar surface area (TPSA) is 80.2 Å². The number of phenols is 1. The first-order valence-corrected chi connectivity index (χ1v) is 9.74. The molecule has 1 aliphatic rings. The molecule has 1 heterocycles. The number of rotatable bonds is 5. The molecule has 1 atom stereocenters. The van der Waals surface area contributed by atoms with Crippen molar-refractivity contribution >= 4 is 23.7 Å². The van der Waals surface area contributed by atoms with Gasteiger partial charge in [0.1, 0.15) is 12.4 Å². The predicted molar refractivity (Wildman–Crippen MR) is 114 cm³/mol. The Balaban J connectivity index is 1.40. The zero-order chi connectivity index (χ0) is 20.9. The SMILES string of the molecule is O=C(N/N=C\c1cc(Cc2ccccc2Cl)ccc1O)[C@H]1COc2ccccc2O1. The Kier molecular flexibility index (Phi) is 5.86. The molecule has 1 amide bonds. The van der Waals surface area contributed by atoms with E-state index in [0.717, 1.165) is 11.1 Å². The van der Waals surface area contributed by atoms with Crippen molar-refractivity contribution in [3.8, 4) is 17.2 Å². The van der Waals surface area contributed by atoms with Gasteiger partial charge in [0.05, 0.1) is 6.21 Å². The number of hydrogen-bond acceptors (Lipinski definition) is 5. The van der Waals surface area contributed by atoms with Crippen molar-refractivity contribution in [2.75, 3.05) is 6.61 Å². The second-order valence-electron chi connectivity index (χ2n) is 6.76. The van der Waals surface area contributed by atoms with E-state index in [4.69, 9.17) is 21.1 Å². The summed E-state index contributed by atoms with van der Waals surface area (Å²) in [6.07, 6.45) is 1.19. The number of hydrazone groups is 1. The Labute approximate surface area is 178 Å². The fourth-order valence-corrected chi connectivity index (χ4v) is 3.27. The number of fused-ring (bicyclic) bond motifs is 1. The van der Waals surface area contributed by atoms with Gasteiger partial charge >= 0.3 is 0 Å². The average molecular weight is 423 g/mol. The van der Waals surface area contributed by atoms with Gasteiger partial charge in [-0.2, -0.15) is 5.10 Å². The molecule has 0 bridgehead atoms. The third-order valence-corrected chi connectivity index (χ3v) is 4.99. The number of carbonyl (C=O) groups is 1. The van der Waals surface area contributed by atoms with Crippen molar-refractivity contribution in [1.82, 2.24) is 5.43 Å². The van der Waals surface area contributed by atoms with Crippen LogP contribution in [-0.2, 0) is 11.2 Å². The second kappa shape index (κ2) is 8.88. The minimum atomic E-state index is -0.808. The minimum Gasteiger partial charge on any atom is -0.507 e. The summed E-state index contributed by atoms with van der Waals surface area (Å²) >= 11 is 6.22. The molecule has 0 unspecified atom stereocenters. The van der Waals surface area contributed by atoms with Crippen LogP contribution < -0.4 is 14.9 Å². The molecule has 30 heavy (non-hydrogen) atoms. The molecular formula is C23H19ClN2O4. The van der Waals surface area contributed by atoms with E-state index in [1.54, 1.807) is 30.3 Å². The van der Waals surface area contributed by atoms with Crippen LogP contribution in [0.3, 0.4) is 0 Å². The molecule has 0 saturated carbocycles. The standard InChI is InChI=1S/C23H19ClN2O4/c24-18-6-2-1-5-16(18)11-15-9-10-19(27)17(12-15)13-25-26-23(28)22-14-29-20-7-3-4-8-21(20)30-22/h1-10,12-13,22,27H,11,14H2,(H,26,28)/b25-13-/t22-/m1/s1. The zero-order valence-electron chi connectivity index (χ0n) is 15.9. The molecular weight excluding hydrogens is 404 g/mol. The van der Waals surface area contributed by atoms with Gasteiger partial charge in [-0.3, -0.25) is 4.79 Å². The van der Waals surface area contributed by atoms with E-state index in [9.17, 15) is 9.90 Å². The molecule has 7 heteroatoms. The van der Waals surface area contributed by atoms with Crippen LogP contribution in [-0.4, -0.2) is 29.9 Å². The van der Waals surface area contributed by atoms with E-state index in [1.165, 1.54) is 6.21 Å². The molecule has 3 aromatic carbocycles. The number of ether oxygens (including phenoxy) is 2. The van der Waals surface area contributed by atoms with Crippen molar-refractivity contribution in [2.24, 2.45) is 5.10 Å². The average Bonchev–Trinajstić information content (AvgIpc) is 2.77. The first-order chi connectivity index (χ1) is 14.6. The maximum Gasteiger partial charge on any atom is 0.284 e.